The molecule has 21 heavy (non-hydrogen) atoms. The molecule has 4 nitrogen and oxygen atoms in total. The van der Waals surface area contributed by atoms with Gasteiger partial charge in [-0.25, -0.2) is 0 Å². The van der Waals surface area contributed by atoms with E-state index >= 15 is 0 Å². The first-order valence-electron chi connectivity index (χ1n) is 7.28. The fourth-order valence-corrected chi connectivity index (χ4v) is 1.47. The van der Waals surface area contributed by atoms with Gasteiger partial charge in [0.15, 0.2) is 0 Å². The summed E-state index contributed by atoms with van der Waals surface area (Å²) in [6, 6.07) is 9.71. The van der Waals surface area contributed by atoms with Gasteiger partial charge in [-0.05, 0) is 26.3 Å². The number of rotatable bonds is 5. The van der Waals surface area contributed by atoms with Gasteiger partial charge in [-0.1, -0.05) is 44.2 Å². The molecule has 0 saturated carbocycles. The molecule has 0 aliphatic carbocycles. The van der Waals surface area contributed by atoms with E-state index in [0.29, 0.717) is 6.42 Å². The number of ether oxygens (including phenoxy) is 2. The minimum absolute atomic E-state index is 0.269. The van der Waals surface area contributed by atoms with Gasteiger partial charge in [0, 0.05) is 6.42 Å². The first kappa shape index (κ1) is 19.2. The normalized spacial score (nSPS) is 10.1. The highest BCUT2D eigenvalue weighted by molar-refractivity contribution is 5.91. The van der Waals surface area contributed by atoms with Crippen LogP contribution in [0.25, 0.3) is 0 Å². The minimum Gasteiger partial charge on any atom is -0.465 e. The molecule has 0 fully saturated rings. The molecule has 118 valence electrons. The number of carbonyl (C=O) groups is 2. The molecule has 0 bridgehead atoms. The fraction of sp³-hybridized carbons (Fsp3) is 0.529. The summed E-state index contributed by atoms with van der Waals surface area (Å²) in [6.45, 7) is 9.54. The summed E-state index contributed by atoms with van der Waals surface area (Å²) in [6.07, 6.45) is 0.299. The molecule has 0 N–H and O–H groups in total. The van der Waals surface area contributed by atoms with Gasteiger partial charge in [-0.15, -0.1) is 0 Å². The van der Waals surface area contributed by atoms with Gasteiger partial charge in [0.2, 0.25) is 0 Å². The third-order valence-electron chi connectivity index (χ3n) is 2.21. The minimum atomic E-state index is -0.582. The zero-order valence-corrected chi connectivity index (χ0v) is 13.6. The third kappa shape index (κ3) is 10.6. The molecular weight excluding hydrogens is 268 g/mol. The van der Waals surface area contributed by atoms with E-state index in [9.17, 15) is 9.59 Å². The molecule has 0 atom stereocenters. The Morgan fingerprint density at radius 3 is 2.10 bits per heavy atom. The molecule has 0 aliphatic rings. The zero-order chi connectivity index (χ0) is 16.3. The molecule has 0 radical (unpaired) electrons. The van der Waals surface area contributed by atoms with E-state index < -0.39 is 17.5 Å². The maximum atomic E-state index is 11.4. The van der Waals surface area contributed by atoms with Crippen molar-refractivity contribution in [2.24, 2.45) is 0 Å². The molecule has 0 spiro atoms. The van der Waals surface area contributed by atoms with Crippen molar-refractivity contribution in [3.63, 3.8) is 0 Å². The number of hydrogen-bond donors (Lipinski definition) is 0. The molecule has 0 aliphatic heterocycles. The van der Waals surface area contributed by atoms with Gasteiger partial charge in [-0.2, -0.15) is 0 Å². The Balaban J connectivity index is 0.00000191. The fourth-order valence-electron chi connectivity index (χ4n) is 1.47. The SMILES string of the molecule is CC.CC(C)(C)OC(=O)CC(=O)OCCc1ccccc1. The Labute approximate surface area is 127 Å². The quantitative estimate of drug-likeness (QED) is 0.616. The van der Waals surface area contributed by atoms with Crippen molar-refractivity contribution in [3.8, 4) is 0 Å². The summed E-state index contributed by atoms with van der Waals surface area (Å²) in [5, 5.41) is 0. The highest BCUT2D eigenvalue weighted by atomic mass is 16.6. The van der Waals surface area contributed by atoms with Crippen LogP contribution in [0.4, 0.5) is 0 Å². The molecule has 0 unspecified atom stereocenters. The first-order chi connectivity index (χ1) is 9.87. The van der Waals surface area contributed by atoms with Crippen molar-refractivity contribution < 1.29 is 19.1 Å². The molecule has 0 aromatic heterocycles. The Hall–Kier alpha value is -1.84. The second-order valence-corrected chi connectivity index (χ2v) is 5.22. The Kier molecular flexibility index (Phi) is 9.10. The lowest BCUT2D eigenvalue weighted by molar-refractivity contribution is -0.161. The van der Waals surface area contributed by atoms with Crippen molar-refractivity contribution in [1.82, 2.24) is 0 Å². The molecule has 0 amide bonds. The lowest BCUT2D eigenvalue weighted by Crippen LogP contribution is -2.26. The zero-order valence-electron chi connectivity index (χ0n) is 13.6. The molecule has 0 heterocycles. The van der Waals surface area contributed by atoms with Crippen molar-refractivity contribution in [1.29, 1.82) is 0 Å². The smallest absolute Gasteiger partial charge is 0.317 e. The van der Waals surface area contributed by atoms with E-state index in [4.69, 9.17) is 9.47 Å². The number of benzene rings is 1. The number of carbonyl (C=O) groups excluding carboxylic acids is 2. The highest BCUT2D eigenvalue weighted by Crippen LogP contribution is 2.08. The lowest BCUT2D eigenvalue weighted by atomic mass is 10.2. The number of hydrogen-bond acceptors (Lipinski definition) is 4. The van der Waals surface area contributed by atoms with Crippen LogP contribution >= 0.6 is 0 Å². The highest BCUT2D eigenvalue weighted by Gasteiger charge is 2.19. The Morgan fingerprint density at radius 1 is 1.00 bits per heavy atom. The first-order valence-corrected chi connectivity index (χ1v) is 7.28. The molecular formula is C17H26O4. The van der Waals surface area contributed by atoms with Crippen molar-refractivity contribution in [2.45, 2.75) is 53.1 Å². The van der Waals surface area contributed by atoms with Crippen LogP contribution in [0.5, 0.6) is 0 Å². The van der Waals surface area contributed by atoms with E-state index in [1.54, 1.807) is 20.8 Å². The molecule has 1 aromatic carbocycles. The molecule has 1 aromatic rings. The monoisotopic (exact) mass is 294 g/mol. The predicted octanol–water partition coefficient (Wildman–Crippen LogP) is 3.53. The molecule has 0 saturated heterocycles. The van der Waals surface area contributed by atoms with Gasteiger partial charge in [0.1, 0.15) is 12.0 Å². The predicted molar refractivity (Wildman–Crippen MR) is 82.9 cm³/mol. The third-order valence-corrected chi connectivity index (χ3v) is 2.21. The average Bonchev–Trinajstić information content (AvgIpc) is 2.40. The Morgan fingerprint density at radius 2 is 1.57 bits per heavy atom. The summed E-state index contributed by atoms with van der Waals surface area (Å²) in [7, 11) is 0. The summed E-state index contributed by atoms with van der Waals surface area (Å²) in [5.41, 5.74) is 0.508. The summed E-state index contributed by atoms with van der Waals surface area (Å²) >= 11 is 0. The van der Waals surface area contributed by atoms with E-state index in [1.165, 1.54) is 0 Å². The van der Waals surface area contributed by atoms with E-state index in [0.717, 1.165) is 5.56 Å². The second-order valence-electron chi connectivity index (χ2n) is 5.22. The maximum absolute atomic E-state index is 11.4. The van der Waals surface area contributed by atoms with Gasteiger partial charge >= 0.3 is 11.9 Å². The van der Waals surface area contributed by atoms with Crippen LogP contribution in [0.2, 0.25) is 0 Å². The van der Waals surface area contributed by atoms with Gasteiger partial charge < -0.3 is 9.47 Å². The standard InChI is InChI=1S/C15H20O4.C2H6/c1-15(2,3)19-14(17)11-13(16)18-10-9-12-7-5-4-6-8-12;1-2/h4-8H,9-11H2,1-3H3;1-2H3. The van der Waals surface area contributed by atoms with E-state index in [2.05, 4.69) is 0 Å². The number of esters is 2. The molecule has 1 rings (SSSR count). The lowest BCUT2D eigenvalue weighted by Gasteiger charge is -2.19. The van der Waals surface area contributed by atoms with Crippen molar-refractivity contribution >= 4 is 11.9 Å². The van der Waals surface area contributed by atoms with Crippen molar-refractivity contribution in [3.05, 3.63) is 35.9 Å². The van der Waals surface area contributed by atoms with Crippen LogP contribution in [-0.4, -0.2) is 24.1 Å². The topological polar surface area (TPSA) is 52.6 Å². The second kappa shape index (κ2) is 9.97. The van der Waals surface area contributed by atoms with Crippen molar-refractivity contribution in [2.75, 3.05) is 6.61 Å². The molecule has 4 heteroatoms. The van der Waals surface area contributed by atoms with Gasteiger partial charge in [-0.3, -0.25) is 9.59 Å². The Bertz CT molecular complexity index is 418. The maximum Gasteiger partial charge on any atom is 0.317 e. The van der Waals surface area contributed by atoms with Gasteiger partial charge in [0.05, 0.1) is 6.61 Å². The largest absolute Gasteiger partial charge is 0.465 e. The van der Waals surface area contributed by atoms with Gasteiger partial charge in [0.25, 0.3) is 0 Å². The van der Waals surface area contributed by atoms with Crippen LogP contribution in [-0.2, 0) is 25.5 Å². The van der Waals surface area contributed by atoms with E-state index in [1.807, 2.05) is 44.2 Å². The van der Waals surface area contributed by atoms with Crippen LogP contribution in [0.3, 0.4) is 0 Å². The van der Waals surface area contributed by atoms with Crippen LogP contribution in [0.15, 0.2) is 30.3 Å². The van der Waals surface area contributed by atoms with Crippen LogP contribution in [0.1, 0.15) is 46.6 Å². The van der Waals surface area contributed by atoms with Crippen LogP contribution < -0.4 is 0 Å². The average molecular weight is 294 g/mol. The van der Waals surface area contributed by atoms with E-state index in [-0.39, 0.29) is 13.0 Å². The summed E-state index contributed by atoms with van der Waals surface area (Å²) in [4.78, 5) is 22.8. The summed E-state index contributed by atoms with van der Waals surface area (Å²) in [5.74, 6) is -1.11. The summed E-state index contributed by atoms with van der Waals surface area (Å²) < 4.78 is 10.0. The van der Waals surface area contributed by atoms with Crippen LogP contribution in [0, 0.1) is 0 Å².